The molecular weight excluding hydrogens is 350 g/mol. The number of benzene rings is 1. The first-order chi connectivity index (χ1) is 12.1. The molecule has 2 rings (SSSR count). The number of nitrogens with one attached hydrogen (secondary N) is 1. The number of likely N-dealkylation sites (tertiary alicyclic amines) is 1. The number of hydrogen-bond acceptors (Lipinski definition) is 4. The van der Waals surface area contributed by atoms with Crippen LogP contribution < -0.4 is 5.32 Å². The summed E-state index contributed by atoms with van der Waals surface area (Å²) in [4.78, 5) is 15.1. The summed E-state index contributed by atoms with van der Waals surface area (Å²) in [6, 6.07) is 3.79. The molecule has 1 aromatic carbocycles. The van der Waals surface area contributed by atoms with Gasteiger partial charge in [-0.15, -0.1) is 0 Å². The molecule has 0 radical (unpaired) electrons. The zero-order chi connectivity index (χ0) is 19.5. The Hall–Kier alpha value is -1.44. The van der Waals surface area contributed by atoms with Crippen LogP contribution >= 0.6 is 0 Å². The van der Waals surface area contributed by atoms with Gasteiger partial charge in [-0.3, -0.25) is 9.69 Å². The molecule has 26 heavy (non-hydrogen) atoms. The molecule has 1 amide bonds. The highest BCUT2D eigenvalue weighted by atomic mass is 32.2. The zero-order valence-electron chi connectivity index (χ0n) is 16.5. The van der Waals surface area contributed by atoms with Crippen molar-refractivity contribution >= 4 is 15.9 Å². The van der Waals surface area contributed by atoms with Crippen molar-refractivity contribution in [3.63, 3.8) is 0 Å². The molecule has 1 N–H and O–H groups in total. The van der Waals surface area contributed by atoms with Gasteiger partial charge in [0.1, 0.15) is 0 Å². The lowest BCUT2D eigenvalue weighted by Gasteiger charge is -2.33. The zero-order valence-corrected chi connectivity index (χ0v) is 17.3. The normalized spacial score (nSPS) is 18.9. The van der Waals surface area contributed by atoms with Crippen LogP contribution in [-0.2, 0) is 10.0 Å². The van der Waals surface area contributed by atoms with E-state index in [9.17, 15) is 13.2 Å². The van der Waals surface area contributed by atoms with Gasteiger partial charge in [-0.1, -0.05) is 6.42 Å². The number of carbonyl (C=O) groups is 1. The Labute approximate surface area is 157 Å². The summed E-state index contributed by atoms with van der Waals surface area (Å²) in [5, 5.41) is 2.93. The molecule has 0 saturated carbocycles. The fraction of sp³-hybridized carbons (Fsp3) is 0.632. The molecule has 6 nitrogen and oxygen atoms in total. The second kappa shape index (κ2) is 8.50. The van der Waals surface area contributed by atoms with Crippen molar-refractivity contribution < 1.29 is 13.2 Å². The lowest BCUT2D eigenvalue weighted by atomic mass is 10.0. The van der Waals surface area contributed by atoms with Gasteiger partial charge in [0.05, 0.1) is 4.90 Å². The van der Waals surface area contributed by atoms with E-state index in [1.165, 1.54) is 43.7 Å². The Balaban J connectivity index is 2.10. The second-order valence-corrected chi connectivity index (χ2v) is 9.46. The minimum absolute atomic E-state index is 0.192. The number of amides is 1. The van der Waals surface area contributed by atoms with Gasteiger partial charge in [0.2, 0.25) is 10.0 Å². The first kappa shape index (κ1) is 20.9. The Morgan fingerprint density at radius 1 is 1.27 bits per heavy atom. The van der Waals surface area contributed by atoms with Gasteiger partial charge in [0.15, 0.2) is 0 Å². The number of hydrogen-bond donors (Lipinski definition) is 1. The molecule has 0 aromatic heterocycles. The molecule has 146 valence electrons. The summed E-state index contributed by atoms with van der Waals surface area (Å²) in [7, 11) is -0.593. The van der Waals surface area contributed by atoms with Gasteiger partial charge in [-0.25, -0.2) is 12.7 Å². The van der Waals surface area contributed by atoms with Gasteiger partial charge >= 0.3 is 0 Å². The number of piperidine rings is 1. The molecule has 0 bridgehead atoms. The van der Waals surface area contributed by atoms with E-state index < -0.39 is 10.0 Å². The maximum Gasteiger partial charge on any atom is 0.251 e. The molecule has 1 aliphatic rings. The van der Waals surface area contributed by atoms with Crippen LogP contribution in [-0.4, -0.2) is 63.3 Å². The fourth-order valence-corrected chi connectivity index (χ4v) is 4.54. The average Bonchev–Trinajstić information content (AvgIpc) is 2.58. The highest BCUT2D eigenvalue weighted by Crippen LogP contribution is 2.23. The van der Waals surface area contributed by atoms with Gasteiger partial charge in [0, 0.05) is 38.8 Å². The Morgan fingerprint density at radius 2 is 1.96 bits per heavy atom. The molecule has 1 atom stereocenters. The number of aryl methyl sites for hydroxylation is 1. The van der Waals surface area contributed by atoms with E-state index in [2.05, 4.69) is 17.1 Å². The highest BCUT2D eigenvalue weighted by Gasteiger charge is 2.23. The minimum Gasteiger partial charge on any atom is -0.351 e. The first-order valence-corrected chi connectivity index (χ1v) is 10.6. The van der Waals surface area contributed by atoms with E-state index >= 15 is 0 Å². The van der Waals surface area contributed by atoms with E-state index in [0.29, 0.717) is 23.7 Å². The fourth-order valence-electron chi connectivity index (χ4n) is 3.33. The largest absolute Gasteiger partial charge is 0.351 e. The second-order valence-electron chi connectivity index (χ2n) is 7.34. The van der Waals surface area contributed by atoms with Crippen LogP contribution in [0.15, 0.2) is 17.0 Å². The highest BCUT2D eigenvalue weighted by molar-refractivity contribution is 7.89. The standard InChI is InChI=1S/C19H31N3O3S/c1-14-12-17(13-18(16(14)3)26(24,25)21(4)5)19(23)20-9-11-22-10-7-6-8-15(22)2/h12-13,15H,6-11H2,1-5H3,(H,20,23). The lowest BCUT2D eigenvalue weighted by Crippen LogP contribution is -2.42. The van der Waals surface area contributed by atoms with E-state index in [1.807, 2.05) is 6.92 Å². The van der Waals surface area contributed by atoms with Crippen LogP contribution in [0.25, 0.3) is 0 Å². The summed E-state index contributed by atoms with van der Waals surface area (Å²) >= 11 is 0. The van der Waals surface area contributed by atoms with Crippen LogP contribution in [0, 0.1) is 13.8 Å². The molecule has 1 heterocycles. The third-order valence-electron chi connectivity index (χ3n) is 5.27. The maximum atomic E-state index is 12.5. The Bertz CT molecular complexity index is 760. The van der Waals surface area contributed by atoms with Crippen molar-refractivity contribution in [3.05, 3.63) is 28.8 Å². The van der Waals surface area contributed by atoms with Crippen molar-refractivity contribution in [3.8, 4) is 0 Å². The molecule has 0 aliphatic carbocycles. The maximum absolute atomic E-state index is 12.5. The van der Waals surface area contributed by atoms with E-state index in [1.54, 1.807) is 13.0 Å². The van der Waals surface area contributed by atoms with Gasteiger partial charge in [-0.05, 0) is 63.4 Å². The van der Waals surface area contributed by atoms with Crippen LogP contribution in [0.4, 0.5) is 0 Å². The summed E-state index contributed by atoms with van der Waals surface area (Å²) < 4.78 is 26.2. The predicted octanol–water partition coefficient (Wildman–Crippen LogP) is 2.16. The van der Waals surface area contributed by atoms with Crippen molar-refractivity contribution in [2.24, 2.45) is 0 Å². The molecule has 7 heteroatoms. The Kier molecular flexibility index (Phi) is 6.82. The van der Waals surface area contributed by atoms with Crippen LogP contribution in [0.2, 0.25) is 0 Å². The molecule has 1 fully saturated rings. The van der Waals surface area contributed by atoms with Gasteiger partial charge in [-0.2, -0.15) is 0 Å². The third-order valence-corrected chi connectivity index (χ3v) is 7.21. The van der Waals surface area contributed by atoms with Crippen LogP contribution in [0.5, 0.6) is 0 Å². The molecule has 0 spiro atoms. The number of rotatable bonds is 6. The number of carbonyl (C=O) groups excluding carboxylic acids is 1. The number of sulfonamides is 1. The van der Waals surface area contributed by atoms with Crippen molar-refractivity contribution in [2.75, 3.05) is 33.7 Å². The summed E-state index contributed by atoms with van der Waals surface area (Å²) in [6.07, 6.45) is 3.69. The summed E-state index contributed by atoms with van der Waals surface area (Å²) in [6.45, 7) is 8.28. The SMILES string of the molecule is Cc1cc(C(=O)NCCN2CCCCC2C)cc(S(=O)(=O)N(C)C)c1C. The van der Waals surface area contributed by atoms with Gasteiger partial charge < -0.3 is 5.32 Å². The summed E-state index contributed by atoms with van der Waals surface area (Å²) in [5.74, 6) is -0.229. The van der Waals surface area contributed by atoms with E-state index in [-0.39, 0.29) is 10.8 Å². The molecule has 1 aromatic rings. The van der Waals surface area contributed by atoms with Crippen LogP contribution in [0.1, 0.15) is 47.7 Å². The number of nitrogens with zero attached hydrogens (tertiary/aromatic N) is 2. The molecule has 1 unspecified atom stereocenters. The van der Waals surface area contributed by atoms with E-state index in [4.69, 9.17) is 0 Å². The molecule has 1 aliphatic heterocycles. The average molecular weight is 382 g/mol. The molecule has 1 saturated heterocycles. The monoisotopic (exact) mass is 381 g/mol. The Morgan fingerprint density at radius 3 is 2.58 bits per heavy atom. The smallest absolute Gasteiger partial charge is 0.251 e. The predicted molar refractivity (Wildman–Crippen MR) is 104 cm³/mol. The van der Waals surface area contributed by atoms with Crippen molar-refractivity contribution in [1.82, 2.24) is 14.5 Å². The quantitative estimate of drug-likeness (QED) is 0.820. The minimum atomic E-state index is -3.59. The topological polar surface area (TPSA) is 69.7 Å². The lowest BCUT2D eigenvalue weighted by molar-refractivity contribution is 0.0938. The van der Waals surface area contributed by atoms with Gasteiger partial charge in [0.25, 0.3) is 5.91 Å². The van der Waals surface area contributed by atoms with Crippen molar-refractivity contribution in [1.29, 1.82) is 0 Å². The van der Waals surface area contributed by atoms with E-state index in [0.717, 1.165) is 18.7 Å². The molecular formula is C19H31N3O3S. The van der Waals surface area contributed by atoms with Crippen LogP contribution in [0.3, 0.4) is 0 Å². The third kappa shape index (κ3) is 4.64. The van der Waals surface area contributed by atoms with Crippen molar-refractivity contribution in [2.45, 2.75) is 51.0 Å². The summed E-state index contributed by atoms with van der Waals surface area (Å²) in [5.41, 5.74) is 1.86. The first-order valence-electron chi connectivity index (χ1n) is 9.20.